The lowest BCUT2D eigenvalue weighted by molar-refractivity contribution is -0.143. The first kappa shape index (κ1) is 28.5. The van der Waals surface area contributed by atoms with Gasteiger partial charge in [0.15, 0.2) is 11.3 Å². The predicted octanol–water partition coefficient (Wildman–Crippen LogP) is 4.75. The van der Waals surface area contributed by atoms with Crippen LogP contribution in [-0.4, -0.2) is 74.8 Å². The van der Waals surface area contributed by atoms with Crippen molar-refractivity contribution in [2.45, 2.75) is 32.1 Å². The molecule has 0 spiro atoms. The standard InChI is InChI=1S/C29H29F4N5O3/c1-17-15-36(24(16-39)21-6-4-5-7-23(21)30)12-13-37(17)28(40)22-14-34-38-26(29(31,32)33)18(2)25(35-27(22)38)19-8-10-20(41-3)11-9-19/h4-11,14,17,24,39H,12-13,15-16H2,1-3H3/t17-,24-/m1/s1. The molecule has 1 saturated heterocycles. The summed E-state index contributed by atoms with van der Waals surface area (Å²) in [5, 5.41) is 14.0. The van der Waals surface area contributed by atoms with Gasteiger partial charge in [0.05, 0.1) is 31.6 Å². The number of rotatable bonds is 6. The molecule has 2 aromatic heterocycles. The van der Waals surface area contributed by atoms with E-state index in [4.69, 9.17) is 4.74 Å². The number of ether oxygens (including phenoxy) is 1. The molecule has 3 heterocycles. The highest BCUT2D eigenvalue weighted by atomic mass is 19.4. The first-order valence-corrected chi connectivity index (χ1v) is 13.0. The molecule has 41 heavy (non-hydrogen) atoms. The summed E-state index contributed by atoms with van der Waals surface area (Å²) in [6.45, 7) is 3.67. The summed E-state index contributed by atoms with van der Waals surface area (Å²) in [5.41, 5.74) is -0.527. The lowest BCUT2D eigenvalue weighted by Crippen LogP contribution is -2.55. The molecule has 216 valence electrons. The number of carbonyl (C=O) groups excluding carboxylic acids is 1. The van der Waals surface area contributed by atoms with Crippen molar-refractivity contribution in [3.63, 3.8) is 0 Å². The van der Waals surface area contributed by atoms with Crippen molar-refractivity contribution in [3.8, 4) is 17.0 Å². The Labute approximate surface area is 233 Å². The topological polar surface area (TPSA) is 83.2 Å². The molecule has 0 bridgehead atoms. The number of nitrogens with zero attached hydrogens (tertiary/aromatic N) is 5. The molecular formula is C29H29F4N5O3. The molecule has 12 heteroatoms. The molecule has 0 aliphatic carbocycles. The molecule has 1 amide bonds. The molecule has 2 atom stereocenters. The van der Waals surface area contributed by atoms with Gasteiger partial charge in [-0.3, -0.25) is 9.69 Å². The molecule has 8 nitrogen and oxygen atoms in total. The second-order valence-corrected chi connectivity index (χ2v) is 10.0. The van der Waals surface area contributed by atoms with E-state index in [2.05, 4.69) is 10.1 Å². The van der Waals surface area contributed by atoms with Gasteiger partial charge in [-0.15, -0.1) is 0 Å². The SMILES string of the molecule is COc1ccc(-c2nc3c(C(=O)N4CCN([C@H](CO)c5ccccc5F)C[C@H]4C)cnn3c(C(F)(F)F)c2C)cc1. The molecule has 1 fully saturated rings. The number of aliphatic hydroxyl groups is 1. The molecule has 4 aromatic rings. The number of halogens is 4. The number of aliphatic hydroxyl groups excluding tert-OH is 1. The number of benzene rings is 2. The van der Waals surface area contributed by atoms with Crippen molar-refractivity contribution in [1.82, 2.24) is 24.4 Å². The molecule has 5 rings (SSSR count). The van der Waals surface area contributed by atoms with Gasteiger partial charge in [0, 0.05) is 42.4 Å². The number of fused-ring (bicyclic) bond motifs is 1. The van der Waals surface area contributed by atoms with Crippen molar-refractivity contribution in [1.29, 1.82) is 0 Å². The molecule has 1 N–H and O–H groups in total. The number of carbonyl (C=O) groups is 1. The van der Waals surface area contributed by atoms with E-state index in [9.17, 15) is 27.5 Å². The van der Waals surface area contributed by atoms with Gasteiger partial charge in [-0.1, -0.05) is 18.2 Å². The Kier molecular flexibility index (Phi) is 7.71. The summed E-state index contributed by atoms with van der Waals surface area (Å²) in [4.78, 5) is 21.7. The largest absolute Gasteiger partial charge is 0.497 e. The van der Waals surface area contributed by atoms with Crippen molar-refractivity contribution < 1.29 is 32.2 Å². The number of alkyl halides is 3. The van der Waals surface area contributed by atoms with E-state index in [-0.39, 0.29) is 41.7 Å². The first-order chi connectivity index (χ1) is 19.5. The van der Waals surface area contributed by atoms with Crippen LogP contribution in [0.1, 0.15) is 40.1 Å². The molecule has 0 unspecified atom stereocenters. The van der Waals surface area contributed by atoms with E-state index in [1.165, 1.54) is 20.1 Å². The Hall–Kier alpha value is -4.03. The summed E-state index contributed by atoms with van der Waals surface area (Å²) in [6, 6.07) is 11.7. The van der Waals surface area contributed by atoms with Gasteiger partial charge in [0.2, 0.25) is 0 Å². The molecule has 2 aromatic carbocycles. The van der Waals surface area contributed by atoms with Gasteiger partial charge in [-0.05, 0) is 44.2 Å². The van der Waals surface area contributed by atoms with Crippen LogP contribution in [-0.2, 0) is 6.18 Å². The lowest BCUT2D eigenvalue weighted by atomic mass is 10.0. The van der Waals surface area contributed by atoms with Gasteiger partial charge in [-0.2, -0.15) is 18.3 Å². The molecule has 0 radical (unpaired) electrons. The molecule has 0 saturated carbocycles. The highest BCUT2D eigenvalue weighted by Crippen LogP contribution is 2.37. The second-order valence-electron chi connectivity index (χ2n) is 10.0. The quantitative estimate of drug-likeness (QED) is 0.337. The fraction of sp³-hybridized carbons (Fsp3) is 0.345. The number of hydrogen-bond donors (Lipinski definition) is 1. The maximum Gasteiger partial charge on any atom is 0.433 e. The minimum absolute atomic E-state index is 0.0571. The summed E-state index contributed by atoms with van der Waals surface area (Å²) in [5.74, 6) is -0.405. The van der Waals surface area contributed by atoms with E-state index in [0.717, 1.165) is 6.20 Å². The van der Waals surface area contributed by atoms with E-state index in [1.54, 1.807) is 54.3 Å². The zero-order valence-corrected chi connectivity index (χ0v) is 22.7. The van der Waals surface area contributed by atoms with Crippen LogP contribution in [0.3, 0.4) is 0 Å². The van der Waals surface area contributed by atoms with Crippen LogP contribution in [0.2, 0.25) is 0 Å². The Morgan fingerprint density at radius 2 is 1.85 bits per heavy atom. The molecular weight excluding hydrogens is 542 g/mol. The highest BCUT2D eigenvalue weighted by Gasteiger charge is 2.40. The highest BCUT2D eigenvalue weighted by molar-refractivity contribution is 6.00. The number of aromatic nitrogens is 3. The first-order valence-electron chi connectivity index (χ1n) is 13.0. The van der Waals surface area contributed by atoms with Gasteiger partial charge in [-0.25, -0.2) is 13.9 Å². The fourth-order valence-electron chi connectivity index (χ4n) is 5.47. The van der Waals surface area contributed by atoms with Crippen LogP contribution < -0.4 is 4.74 Å². The summed E-state index contributed by atoms with van der Waals surface area (Å²) in [7, 11) is 1.49. The van der Waals surface area contributed by atoms with Crippen molar-refractivity contribution >= 4 is 11.6 Å². The Morgan fingerprint density at radius 1 is 1.15 bits per heavy atom. The van der Waals surface area contributed by atoms with Crippen molar-refractivity contribution in [2.24, 2.45) is 0 Å². The number of methoxy groups -OCH3 is 1. The Bertz CT molecular complexity index is 1570. The zero-order valence-electron chi connectivity index (χ0n) is 22.7. The van der Waals surface area contributed by atoms with Crippen molar-refractivity contribution in [3.05, 3.63) is 82.9 Å². The molecule has 1 aliphatic rings. The fourth-order valence-corrected chi connectivity index (χ4v) is 5.47. The van der Waals surface area contributed by atoms with E-state index in [0.29, 0.717) is 34.5 Å². The van der Waals surface area contributed by atoms with Crippen LogP contribution in [0.15, 0.2) is 54.7 Å². The summed E-state index contributed by atoms with van der Waals surface area (Å²) >= 11 is 0. The minimum atomic E-state index is -4.76. The van der Waals surface area contributed by atoms with Crippen LogP contribution in [0, 0.1) is 12.7 Å². The van der Waals surface area contributed by atoms with Gasteiger partial charge in [0.1, 0.15) is 17.1 Å². The van der Waals surface area contributed by atoms with Gasteiger partial charge in [0.25, 0.3) is 5.91 Å². The number of piperazine rings is 1. The van der Waals surface area contributed by atoms with Gasteiger partial charge >= 0.3 is 6.18 Å². The van der Waals surface area contributed by atoms with Gasteiger partial charge < -0.3 is 14.7 Å². The summed E-state index contributed by atoms with van der Waals surface area (Å²) < 4.78 is 63.1. The normalized spacial score (nSPS) is 17.2. The zero-order chi connectivity index (χ0) is 29.5. The van der Waals surface area contributed by atoms with E-state index in [1.807, 2.05) is 4.90 Å². The van der Waals surface area contributed by atoms with Crippen LogP contribution in [0.25, 0.3) is 16.9 Å². The summed E-state index contributed by atoms with van der Waals surface area (Å²) in [6.07, 6.45) is -3.64. The monoisotopic (exact) mass is 571 g/mol. The van der Waals surface area contributed by atoms with Crippen LogP contribution >= 0.6 is 0 Å². The number of hydrogen-bond acceptors (Lipinski definition) is 6. The third kappa shape index (κ3) is 5.24. The predicted molar refractivity (Wildman–Crippen MR) is 143 cm³/mol. The average Bonchev–Trinajstić information content (AvgIpc) is 3.36. The Balaban J connectivity index is 1.49. The second kappa shape index (κ2) is 11.1. The third-order valence-corrected chi connectivity index (χ3v) is 7.54. The average molecular weight is 572 g/mol. The van der Waals surface area contributed by atoms with E-state index >= 15 is 0 Å². The van der Waals surface area contributed by atoms with Crippen LogP contribution in [0.5, 0.6) is 5.75 Å². The van der Waals surface area contributed by atoms with Crippen LogP contribution in [0.4, 0.5) is 17.6 Å². The van der Waals surface area contributed by atoms with Crippen molar-refractivity contribution in [2.75, 3.05) is 33.4 Å². The smallest absolute Gasteiger partial charge is 0.433 e. The van der Waals surface area contributed by atoms with E-state index < -0.39 is 29.6 Å². The number of amides is 1. The Morgan fingerprint density at radius 3 is 2.46 bits per heavy atom. The maximum atomic E-state index is 14.5. The lowest BCUT2D eigenvalue weighted by Gasteiger charge is -2.43. The third-order valence-electron chi connectivity index (χ3n) is 7.54. The maximum absolute atomic E-state index is 14.5. The minimum Gasteiger partial charge on any atom is -0.497 e. The molecule has 1 aliphatic heterocycles.